The van der Waals surface area contributed by atoms with Crippen LogP contribution < -0.4 is 14.8 Å². The molecular weight excluding hydrogens is 262 g/mol. The highest BCUT2D eigenvalue weighted by molar-refractivity contribution is 6.33. The molecule has 1 unspecified atom stereocenters. The van der Waals surface area contributed by atoms with Crippen molar-refractivity contribution in [3.8, 4) is 11.5 Å². The fraction of sp³-hybridized carbons (Fsp3) is 0.600. The zero-order chi connectivity index (χ0) is 14.3. The van der Waals surface area contributed by atoms with Gasteiger partial charge in [-0.15, -0.1) is 0 Å². The zero-order valence-electron chi connectivity index (χ0n) is 12.3. The van der Waals surface area contributed by atoms with Gasteiger partial charge >= 0.3 is 0 Å². The predicted molar refractivity (Wildman–Crippen MR) is 80.5 cm³/mol. The van der Waals surface area contributed by atoms with E-state index in [4.69, 9.17) is 21.1 Å². The van der Waals surface area contributed by atoms with Gasteiger partial charge in [0, 0.05) is 11.6 Å². The van der Waals surface area contributed by atoms with Gasteiger partial charge in [0.1, 0.15) is 16.5 Å². The second-order valence-electron chi connectivity index (χ2n) is 4.46. The molecule has 1 N–H and O–H groups in total. The molecule has 1 rings (SSSR count). The molecule has 1 aromatic rings. The van der Waals surface area contributed by atoms with Gasteiger partial charge in [-0.05, 0) is 25.1 Å². The first-order valence-corrected chi connectivity index (χ1v) is 7.21. The highest BCUT2D eigenvalue weighted by Crippen LogP contribution is 2.40. The average molecular weight is 286 g/mol. The number of halogens is 1. The minimum Gasteiger partial charge on any atom is -0.495 e. The second kappa shape index (κ2) is 8.28. The third-order valence-electron chi connectivity index (χ3n) is 3.19. The van der Waals surface area contributed by atoms with Gasteiger partial charge in [0.15, 0.2) is 0 Å². The molecule has 0 aliphatic carbocycles. The van der Waals surface area contributed by atoms with Crippen LogP contribution in [0, 0.1) is 0 Å². The maximum absolute atomic E-state index is 6.31. The predicted octanol–water partition coefficient (Wildman–Crippen LogP) is 4.20. The van der Waals surface area contributed by atoms with Crippen molar-refractivity contribution in [3.63, 3.8) is 0 Å². The normalized spacial score (nSPS) is 12.3. The van der Waals surface area contributed by atoms with Crippen molar-refractivity contribution >= 4 is 11.6 Å². The smallest absolute Gasteiger partial charge is 0.146 e. The van der Waals surface area contributed by atoms with E-state index in [9.17, 15) is 0 Å². The number of ether oxygens (including phenoxy) is 2. The molecule has 0 aliphatic heterocycles. The van der Waals surface area contributed by atoms with Crippen LogP contribution in [0.25, 0.3) is 0 Å². The summed E-state index contributed by atoms with van der Waals surface area (Å²) in [5.41, 5.74) is 1.10. The van der Waals surface area contributed by atoms with Crippen LogP contribution in [-0.4, -0.2) is 20.8 Å². The Balaban J connectivity index is 3.10. The summed E-state index contributed by atoms with van der Waals surface area (Å²) in [5.74, 6) is 1.36. The molecule has 1 atom stereocenters. The molecule has 0 aromatic heterocycles. The van der Waals surface area contributed by atoms with E-state index in [0.29, 0.717) is 16.5 Å². The highest BCUT2D eigenvalue weighted by atomic mass is 35.5. The van der Waals surface area contributed by atoms with Gasteiger partial charge in [-0.2, -0.15) is 0 Å². The SMILES string of the molecule is CCCCC(NCC)c1ccc(OC)c(Cl)c1OC. The maximum Gasteiger partial charge on any atom is 0.146 e. The maximum atomic E-state index is 6.31. The van der Waals surface area contributed by atoms with E-state index >= 15 is 0 Å². The number of benzene rings is 1. The molecule has 0 amide bonds. The first-order chi connectivity index (χ1) is 9.19. The van der Waals surface area contributed by atoms with E-state index in [0.717, 1.165) is 18.5 Å². The Bertz CT molecular complexity index is 396. The van der Waals surface area contributed by atoms with Gasteiger partial charge < -0.3 is 14.8 Å². The third kappa shape index (κ3) is 4.02. The van der Waals surface area contributed by atoms with E-state index in [-0.39, 0.29) is 6.04 Å². The molecule has 4 heteroatoms. The van der Waals surface area contributed by atoms with Gasteiger partial charge in [0.25, 0.3) is 0 Å². The van der Waals surface area contributed by atoms with Crippen LogP contribution in [0.4, 0.5) is 0 Å². The molecule has 108 valence electrons. The van der Waals surface area contributed by atoms with Crippen molar-refractivity contribution in [2.24, 2.45) is 0 Å². The summed E-state index contributed by atoms with van der Waals surface area (Å²) in [7, 11) is 3.26. The molecule has 0 saturated heterocycles. The summed E-state index contributed by atoms with van der Waals surface area (Å²) in [4.78, 5) is 0. The monoisotopic (exact) mass is 285 g/mol. The van der Waals surface area contributed by atoms with Crippen LogP contribution in [0.3, 0.4) is 0 Å². The summed E-state index contributed by atoms with van der Waals surface area (Å²) in [6.45, 7) is 5.22. The zero-order valence-corrected chi connectivity index (χ0v) is 13.0. The molecular formula is C15H24ClNO2. The van der Waals surface area contributed by atoms with Gasteiger partial charge in [-0.25, -0.2) is 0 Å². The van der Waals surface area contributed by atoms with Crippen molar-refractivity contribution in [1.29, 1.82) is 0 Å². The Morgan fingerprint density at radius 3 is 2.47 bits per heavy atom. The Hall–Kier alpha value is -0.930. The lowest BCUT2D eigenvalue weighted by Gasteiger charge is -2.22. The van der Waals surface area contributed by atoms with Gasteiger partial charge in [-0.1, -0.05) is 38.3 Å². The van der Waals surface area contributed by atoms with Gasteiger partial charge in [0.05, 0.1) is 14.2 Å². The summed E-state index contributed by atoms with van der Waals surface area (Å²) in [6, 6.07) is 4.20. The van der Waals surface area contributed by atoms with E-state index < -0.39 is 0 Å². The summed E-state index contributed by atoms with van der Waals surface area (Å²) >= 11 is 6.31. The Morgan fingerprint density at radius 1 is 1.21 bits per heavy atom. The van der Waals surface area contributed by atoms with Crippen molar-refractivity contribution in [3.05, 3.63) is 22.7 Å². The number of hydrogen-bond acceptors (Lipinski definition) is 3. The topological polar surface area (TPSA) is 30.5 Å². The van der Waals surface area contributed by atoms with Crippen molar-refractivity contribution in [2.45, 2.75) is 39.2 Å². The Kier molecular flexibility index (Phi) is 7.03. The summed E-state index contributed by atoms with van der Waals surface area (Å²) in [6.07, 6.45) is 3.42. The van der Waals surface area contributed by atoms with Crippen LogP contribution in [0.15, 0.2) is 12.1 Å². The minimum absolute atomic E-state index is 0.267. The molecule has 0 aliphatic rings. The molecule has 1 aromatic carbocycles. The van der Waals surface area contributed by atoms with Gasteiger partial charge in [0.2, 0.25) is 0 Å². The standard InChI is InChI=1S/C15H24ClNO2/c1-5-7-8-12(17-6-2)11-9-10-13(18-3)14(16)15(11)19-4/h9-10,12,17H,5-8H2,1-4H3. The third-order valence-corrected chi connectivity index (χ3v) is 3.55. The summed E-state index contributed by atoms with van der Waals surface area (Å²) < 4.78 is 10.7. The molecule has 19 heavy (non-hydrogen) atoms. The molecule has 0 radical (unpaired) electrons. The molecule has 0 heterocycles. The molecule has 0 spiro atoms. The lowest BCUT2D eigenvalue weighted by Crippen LogP contribution is -2.21. The summed E-state index contributed by atoms with van der Waals surface area (Å²) in [5, 5.41) is 4.04. The fourth-order valence-corrected chi connectivity index (χ4v) is 2.54. The second-order valence-corrected chi connectivity index (χ2v) is 4.83. The van der Waals surface area contributed by atoms with E-state index in [1.165, 1.54) is 12.8 Å². The van der Waals surface area contributed by atoms with E-state index in [2.05, 4.69) is 19.2 Å². The van der Waals surface area contributed by atoms with Crippen LogP contribution in [0.2, 0.25) is 5.02 Å². The molecule has 0 saturated carbocycles. The number of rotatable bonds is 8. The molecule has 3 nitrogen and oxygen atoms in total. The lowest BCUT2D eigenvalue weighted by molar-refractivity contribution is 0.381. The molecule has 0 bridgehead atoms. The number of nitrogens with one attached hydrogen (secondary N) is 1. The first kappa shape index (κ1) is 16.1. The average Bonchev–Trinajstić information content (AvgIpc) is 2.43. The minimum atomic E-state index is 0.267. The largest absolute Gasteiger partial charge is 0.495 e. The van der Waals surface area contributed by atoms with Crippen molar-refractivity contribution in [2.75, 3.05) is 20.8 Å². The van der Waals surface area contributed by atoms with Crippen LogP contribution in [-0.2, 0) is 0 Å². The quantitative estimate of drug-likeness (QED) is 0.776. The van der Waals surface area contributed by atoms with Crippen molar-refractivity contribution in [1.82, 2.24) is 5.32 Å². The molecule has 0 fully saturated rings. The lowest BCUT2D eigenvalue weighted by atomic mass is 9.99. The first-order valence-electron chi connectivity index (χ1n) is 6.83. The Labute approximate surface area is 121 Å². The van der Waals surface area contributed by atoms with Crippen LogP contribution in [0.1, 0.15) is 44.7 Å². The van der Waals surface area contributed by atoms with Crippen LogP contribution >= 0.6 is 11.6 Å². The van der Waals surface area contributed by atoms with Crippen LogP contribution in [0.5, 0.6) is 11.5 Å². The Morgan fingerprint density at radius 2 is 1.95 bits per heavy atom. The fourth-order valence-electron chi connectivity index (χ4n) is 2.21. The number of unbranched alkanes of at least 4 members (excludes halogenated alkanes) is 1. The van der Waals surface area contributed by atoms with Crippen molar-refractivity contribution < 1.29 is 9.47 Å². The van der Waals surface area contributed by atoms with E-state index in [1.54, 1.807) is 14.2 Å². The number of methoxy groups -OCH3 is 2. The number of hydrogen-bond donors (Lipinski definition) is 1. The van der Waals surface area contributed by atoms with Gasteiger partial charge in [-0.3, -0.25) is 0 Å². The van der Waals surface area contributed by atoms with E-state index in [1.807, 2.05) is 12.1 Å². The highest BCUT2D eigenvalue weighted by Gasteiger charge is 2.19.